The van der Waals surface area contributed by atoms with E-state index in [1.807, 2.05) is 0 Å². The van der Waals surface area contributed by atoms with Gasteiger partial charge in [0.15, 0.2) is 0 Å². The van der Waals surface area contributed by atoms with Crippen LogP contribution in [0.25, 0.3) is 0 Å². The van der Waals surface area contributed by atoms with E-state index in [0.717, 1.165) is 12.1 Å². The lowest BCUT2D eigenvalue weighted by atomic mass is 10.1. The first-order valence-corrected chi connectivity index (χ1v) is 5.74. The van der Waals surface area contributed by atoms with Crippen LogP contribution < -0.4 is 0 Å². The average molecular weight is 188 g/mol. The number of fused-ring (bicyclic) bond motifs is 1. The highest BCUT2D eigenvalue weighted by atomic mass is 15.5. The molecule has 2 aliphatic heterocycles. The van der Waals surface area contributed by atoms with Gasteiger partial charge < -0.3 is 4.48 Å². The van der Waals surface area contributed by atoms with Crippen LogP contribution in [0.1, 0.15) is 31.4 Å². The predicted octanol–water partition coefficient (Wildman–Crippen LogP) is 2.74. The summed E-state index contributed by atoms with van der Waals surface area (Å²) in [4.78, 5) is 0. The molecule has 2 aliphatic rings. The molecule has 0 bridgehead atoms. The minimum atomic E-state index is 0.726. The van der Waals surface area contributed by atoms with E-state index in [9.17, 15) is 0 Å². The van der Waals surface area contributed by atoms with E-state index in [-0.39, 0.29) is 0 Å². The molecule has 0 aliphatic carbocycles. The Morgan fingerprint density at radius 2 is 2.07 bits per heavy atom. The van der Waals surface area contributed by atoms with Crippen molar-refractivity contribution >= 4 is 0 Å². The molecular formula is C13H18N+. The van der Waals surface area contributed by atoms with Crippen molar-refractivity contribution in [2.45, 2.75) is 31.8 Å². The molecule has 1 aromatic rings. The van der Waals surface area contributed by atoms with Crippen molar-refractivity contribution in [3.8, 4) is 0 Å². The molecule has 0 saturated carbocycles. The monoisotopic (exact) mass is 188 g/mol. The molecule has 0 radical (unpaired) electrons. The minimum absolute atomic E-state index is 0.726. The first-order chi connectivity index (χ1) is 6.83. The van der Waals surface area contributed by atoms with Crippen molar-refractivity contribution in [1.29, 1.82) is 0 Å². The van der Waals surface area contributed by atoms with Gasteiger partial charge in [-0.1, -0.05) is 30.3 Å². The molecule has 0 aromatic heterocycles. The van der Waals surface area contributed by atoms with E-state index in [2.05, 4.69) is 37.3 Å². The van der Waals surface area contributed by atoms with E-state index in [0.29, 0.717) is 0 Å². The SMILES string of the molecule is C[C@H](c1ccccc1)[N+]12CCC[C@H]1C2. The highest BCUT2D eigenvalue weighted by molar-refractivity contribution is 5.17. The Balaban J connectivity index is 1.87. The maximum atomic E-state index is 2.40. The lowest BCUT2D eigenvalue weighted by Crippen LogP contribution is -2.29. The Labute approximate surface area is 85.9 Å². The summed E-state index contributed by atoms with van der Waals surface area (Å²) < 4.78 is 1.39. The largest absolute Gasteiger partial charge is 0.306 e. The summed E-state index contributed by atoms with van der Waals surface area (Å²) in [5.74, 6) is 0. The number of quaternary nitrogens is 1. The van der Waals surface area contributed by atoms with Gasteiger partial charge in [-0.3, -0.25) is 0 Å². The molecule has 1 unspecified atom stereocenters. The summed E-state index contributed by atoms with van der Waals surface area (Å²) in [6.07, 6.45) is 2.92. The van der Waals surface area contributed by atoms with Crippen LogP contribution in [0.2, 0.25) is 0 Å². The van der Waals surface area contributed by atoms with Crippen molar-refractivity contribution < 1.29 is 4.48 Å². The number of nitrogens with zero attached hydrogens (tertiary/aromatic N) is 1. The minimum Gasteiger partial charge on any atom is -0.306 e. The third-order valence-corrected chi connectivity index (χ3v) is 4.31. The smallest absolute Gasteiger partial charge is 0.139 e. The Morgan fingerprint density at radius 3 is 2.64 bits per heavy atom. The van der Waals surface area contributed by atoms with Crippen LogP contribution in [0.4, 0.5) is 0 Å². The fourth-order valence-corrected chi connectivity index (χ4v) is 3.29. The Bertz CT molecular complexity index is 332. The van der Waals surface area contributed by atoms with E-state index in [1.54, 1.807) is 0 Å². The topological polar surface area (TPSA) is 0 Å². The lowest BCUT2D eigenvalue weighted by molar-refractivity contribution is -0.835. The molecule has 3 atom stereocenters. The van der Waals surface area contributed by atoms with Gasteiger partial charge in [-0.15, -0.1) is 0 Å². The van der Waals surface area contributed by atoms with E-state index in [4.69, 9.17) is 0 Å². The van der Waals surface area contributed by atoms with Gasteiger partial charge in [-0.25, -0.2) is 0 Å². The van der Waals surface area contributed by atoms with Gasteiger partial charge in [0.1, 0.15) is 18.6 Å². The molecule has 0 amide bonds. The molecule has 1 aromatic carbocycles. The molecule has 2 heterocycles. The summed E-state index contributed by atoms with van der Waals surface area (Å²) in [7, 11) is 0. The van der Waals surface area contributed by atoms with Crippen LogP contribution in [-0.4, -0.2) is 23.6 Å². The van der Waals surface area contributed by atoms with Gasteiger partial charge in [-0.2, -0.15) is 0 Å². The van der Waals surface area contributed by atoms with Crippen LogP contribution >= 0.6 is 0 Å². The van der Waals surface area contributed by atoms with Gasteiger partial charge in [0, 0.05) is 18.4 Å². The summed E-state index contributed by atoms with van der Waals surface area (Å²) in [5.41, 5.74) is 1.52. The summed E-state index contributed by atoms with van der Waals surface area (Å²) in [6.45, 7) is 5.26. The molecule has 2 saturated heterocycles. The van der Waals surface area contributed by atoms with Crippen LogP contribution in [-0.2, 0) is 0 Å². The normalized spacial score (nSPS) is 36.5. The average Bonchev–Trinajstić information content (AvgIpc) is 2.82. The molecule has 0 N–H and O–H groups in total. The first kappa shape index (κ1) is 8.49. The van der Waals surface area contributed by atoms with Gasteiger partial charge in [0.25, 0.3) is 0 Å². The third kappa shape index (κ3) is 1.05. The standard InChI is InChI=1S/C13H18N/c1-11(12-6-3-2-4-7-12)14-9-5-8-13(14)10-14/h2-4,6-7,11,13H,5,8-10H2,1H3/q+1/t11-,13+,14?/m1/s1. The highest BCUT2D eigenvalue weighted by Gasteiger charge is 2.61. The molecule has 2 fully saturated rings. The Kier molecular flexibility index (Phi) is 1.72. The lowest BCUT2D eigenvalue weighted by Gasteiger charge is -2.24. The number of piperidine rings is 1. The van der Waals surface area contributed by atoms with E-state index >= 15 is 0 Å². The van der Waals surface area contributed by atoms with Crippen LogP contribution in [0, 0.1) is 0 Å². The molecule has 1 nitrogen and oxygen atoms in total. The predicted molar refractivity (Wildman–Crippen MR) is 57.9 cm³/mol. The molecule has 3 rings (SSSR count). The van der Waals surface area contributed by atoms with Crippen molar-refractivity contribution in [3.05, 3.63) is 35.9 Å². The van der Waals surface area contributed by atoms with Gasteiger partial charge in [0.2, 0.25) is 0 Å². The van der Waals surface area contributed by atoms with Crippen LogP contribution in [0.15, 0.2) is 30.3 Å². The zero-order chi connectivity index (χ0) is 9.60. The van der Waals surface area contributed by atoms with Gasteiger partial charge >= 0.3 is 0 Å². The Morgan fingerprint density at radius 1 is 1.29 bits per heavy atom. The maximum absolute atomic E-state index is 2.40. The van der Waals surface area contributed by atoms with Crippen LogP contribution in [0.3, 0.4) is 0 Å². The number of rotatable bonds is 2. The highest BCUT2D eigenvalue weighted by Crippen LogP contribution is 2.49. The van der Waals surface area contributed by atoms with Crippen molar-refractivity contribution in [3.63, 3.8) is 0 Å². The van der Waals surface area contributed by atoms with Gasteiger partial charge in [-0.05, 0) is 6.92 Å². The summed E-state index contributed by atoms with van der Waals surface area (Å²) in [5, 5.41) is 0. The molecule has 14 heavy (non-hydrogen) atoms. The number of hydrogen-bond donors (Lipinski definition) is 0. The third-order valence-electron chi connectivity index (χ3n) is 4.31. The molecule has 74 valence electrons. The van der Waals surface area contributed by atoms with Crippen LogP contribution in [0.5, 0.6) is 0 Å². The van der Waals surface area contributed by atoms with Crippen molar-refractivity contribution in [1.82, 2.24) is 0 Å². The van der Waals surface area contributed by atoms with E-state index < -0.39 is 0 Å². The quantitative estimate of drug-likeness (QED) is 0.494. The fraction of sp³-hybridized carbons (Fsp3) is 0.538. The second-order valence-electron chi connectivity index (χ2n) is 4.89. The van der Waals surface area contributed by atoms with Gasteiger partial charge in [0.05, 0.1) is 6.54 Å². The molecular weight excluding hydrogens is 170 g/mol. The number of hydrogen-bond acceptors (Lipinski definition) is 0. The van der Waals surface area contributed by atoms with E-state index in [1.165, 1.54) is 36.0 Å². The zero-order valence-corrected chi connectivity index (χ0v) is 8.82. The second-order valence-corrected chi connectivity index (χ2v) is 4.89. The first-order valence-electron chi connectivity index (χ1n) is 5.74. The molecule has 1 heteroatoms. The maximum Gasteiger partial charge on any atom is 0.139 e. The summed E-state index contributed by atoms with van der Waals surface area (Å²) >= 11 is 0. The van der Waals surface area contributed by atoms with Crippen molar-refractivity contribution in [2.24, 2.45) is 0 Å². The summed E-state index contributed by atoms with van der Waals surface area (Å²) in [6, 6.07) is 12.7. The molecule has 0 spiro atoms. The zero-order valence-electron chi connectivity index (χ0n) is 8.82. The number of benzene rings is 1. The Hall–Kier alpha value is -0.820. The fourth-order valence-electron chi connectivity index (χ4n) is 3.29. The van der Waals surface area contributed by atoms with Crippen molar-refractivity contribution in [2.75, 3.05) is 13.1 Å². The second kappa shape index (κ2) is 2.83.